The number of para-hydroxylation sites is 1. The van der Waals surface area contributed by atoms with E-state index in [4.69, 9.17) is 0 Å². The largest absolute Gasteiger partial charge is 0.418 e. The Balaban J connectivity index is 1.72. The number of rotatable bonds is 5. The maximum Gasteiger partial charge on any atom is 0.418 e. The van der Waals surface area contributed by atoms with Crippen LogP contribution >= 0.6 is 0 Å². The lowest BCUT2D eigenvalue weighted by molar-refractivity contribution is -0.137. The molecule has 134 valence electrons. The van der Waals surface area contributed by atoms with Gasteiger partial charge in [0.25, 0.3) is 0 Å². The van der Waals surface area contributed by atoms with Gasteiger partial charge in [-0.15, -0.1) is 0 Å². The molecule has 0 saturated carbocycles. The standard InChI is InChI=1S/C19H22F3N3/c20-19(21,22)17-13-15(14-23-24-16-7-3-1-4-8-16)9-10-18(17)25-11-5-2-6-12-25/h1,3-4,7-10,13,23-24H,2,5-6,11-12,14H2. The van der Waals surface area contributed by atoms with Crippen molar-refractivity contribution < 1.29 is 13.2 Å². The molecule has 1 fully saturated rings. The Hall–Kier alpha value is -2.21. The van der Waals surface area contributed by atoms with Gasteiger partial charge in [-0.1, -0.05) is 24.3 Å². The van der Waals surface area contributed by atoms with E-state index in [0.717, 1.165) is 24.9 Å². The normalized spacial score (nSPS) is 15.2. The summed E-state index contributed by atoms with van der Waals surface area (Å²) in [6, 6.07) is 14.1. The molecule has 1 heterocycles. The smallest absolute Gasteiger partial charge is 0.371 e. The zero-order valence-electron chi connectivity index (χ0n) is 13.9. The number of alkyl halides is 3. The molecular formula is C19H22F3N3. The van der Waals surface area contributed by atoms with E-state index in [1.54, 1.807) is 12.1 Å². The fourth-order valence-corrected chi connectivity index (χ4v) is 3.10. The van der Waals surface area contributed by atoms with E-state index >= 15 is 0 Å². The highest BCUT2D eigenvalue weighted by Gasteiger charge is 2.35. The van der Waals surface area contributed by atoms with E-state index in [0.29, 0.717) is 30.9 Å². The topological polar surface area (TPSA) is 27.3 Å². The first-order valence-corrected chi connectivity index (χ1v) is 8.53. The highest BCUT2D eigenvalue weighted by molar-refractivity contribution is 5.56. The third kappa shape index (κ3) is 4.66. The monoisotopic (exact) mass is 349 g/mol. The van der Waals surface area contributed by atoms with E-state index in [-0.39, 0.29) is 0 Å². The molecule has 0 atom stereocenters. The number of benzene rings is 2. The van der Waals surface area contributed by atoms with Gasteiger partial charge in [-0.25, -0.2) is 5.43 Å². The molecule has 2 N–H and O–H groups in total. The molecule has 0 unspecified atom stereocenters. The second-order valence-corrected chi connectivity index (χ2v) is 6.24. The van der Waals surface area contributed by atoms with E-state index < -0.39 is 11.7 Å². The van der Waals surface area contributed by atoms with Crippen molar-refractivity contribution >= 4 is 11.4 Å². The van der Waals surface area contributed by atoms with Crippen LogP contribution in [-0.2, 0) is 12.7 Å². The summed E-state index contributed by atoms with van der Waals surface area (Å²) >= 11 is 0. The fraction of sp³-hybridized carbons (Fsp3) is 0.368. The number of nitrogens with one attached hydrogen (secondary N) is 2. The summed E-state index contributed by atoms with van der Waals surface area (Å²) in [7, 11) is 0. The number of nitrogens with zero attached hydrogens (tertiary/aromatic N) is 1. The number of hydrogen-bond acceptors (Lipinski definition) is 3. The highest BCUT2D eigenvalue weighted by Crippen LogP contribution is 2.38. The SMILES string of the molecule is FC(F)(F)c1cc(CNNc2ccccc2)ccc1N1CCCCC1. The van der Waals surface area contributed by atoms with Crippen molar-refractivity contribution in [3.63, 3.8) is 0 Å². The van der Waals surface area contributed by atoms with Gasteiger partial charge in [0, 0.05) is 31.0 Å². The van der Waals surface area contributed by atoms with Crippen molar-refractivity contribution in [3.8, 4) is 0 Å². The minimum absolute atomic E-state index is 0.298. The second kappa shape index (κ2) is 7.78. The van der Waals surface area contributed by atoms with Gasteiger partial charge in [-0.05, 0) is 49.1 Å². The van der Waals surface area contributed by atoms with Crippen LogP contribution in [0.15, 0.2) is 48.5 Å². The van der Waals surface area contributed by atoms with Crippen LogP contribution in [0.25, 0.3) is 0 Å². The molecule has 1 saturated heterocycles. The summed E-state index contributed by atoms with van der Waals surface area (Å²) in [5.41, 5.74) is 7.16. The fourth-order valence-electron chi connectivity index (χ4n) is 3.10. The molecule has 0 aliphatic carbocycles. The molecule has 0 radical (unpaired) electrons. The minimum Gasteiger partial charge on any atom is -0.371 e. The Morgan fingerprint density at radius 2 is 1.64 bits per heavy atom. The molecule has 6 heteroatoms. The third-order valence-electron chi connectivity index (χ3n) is 4.36. The molecule has 0 spiro atoms. The van der Waals surface area contributed by atoms with Gasteiger partial charge in [-0.3, -0.25) is 0 Å². The highest BCUT2D eigenvalue weighted by atomic mass is 19.4. The Morgan fingerprint density at radius 1 is 0.920 bits per heavy atom. The minimum atomic E-state index is -4.35. The van der Waals surface area contributed by atoms with Crippen LogP contribution in [0.2, 0.25) is 0 Å². The molecule has 2 aromatic rings. The number of halogens is 3. The van der Waals surface area contributed by atoms with Crippen LogP contribution in [0.4, 0.5) is 24.5 Å². The average molecular weight is 349 g/mol. The van der Waals surface area contributed by atoms with Gasteiger partial charge in [0.15, 0.2) is 0 Å². The molecule has 1 aliphatic heterocycles. The molecule has 25 heavy (non-hydrogen) atoms. The maximum atomic E-state index is 13.5. The van der Waals surface area contributed by atoms with Gasteiger partial charge < -0.3 is 10.3 Å². The number of hydrogen-bond donors (Lipinski definition) is 2. The zero-order valence-corrected chi connectivity index (χ0v) is 13.9. The Labute approximate surface area is 145 Å². The molecule has 3 nitrogen and oxygen atoms in total. The number of hydrazine groups is 1. The van der Waals surface area contributed by atoms with Crippen LogP contribution in [-0.4, -0.2) is 13.1 Å². The molecular weight excluding hydrogens is 327 g/mol. The summed E-state index contributed by atoms with van der Waals surface area (Å²) in [5, 5.41) is 0. The van der Waals surface area contributed by atoms with Gasteiger partial charge in [0.1, 0.15) is 0 Å². The Morgan fingerprint density at radius 3 is 2.32 bits per heavy atom. The Bertz CT molecular complexity index is 680. The van der Waals surface area contributed by atoms with Crippen LogP contribution in [0.5, 0.6) is 0 Å². The molecule has 0 amide bonds. The van der Waals surface area contributed by atoms with Crippen LogP contribution in [0.1, 0.15) is 30.4 Å². The predicted octanol–water partition coefficient (Wildman–Crippen LogP) is 4.81. The lowest BCUT2D eigenvalue weighted by atomic mass is 10.0. The molecule has 0 bridgehead atoms. The lowest BCUT2D eigenvalue weighted by Crippen LogP contribution is -2.31. The first-order chi connectivity index (χ1) is 12.0. The van der Waals surface area contributed by atoms with Crippen molar-refractivity contribution in [1.29, 1.82) is 0 Å². The summed E-state index contributed by atoms with van der Waals surface area (Å²) < 4.78 is 40.5. The third-order valence-corrected chi connectivity index (χ3v) is 4.36. The number of anilines is 2. The van der Waals surface area contributed by atoms with Crippen LogP contribution in [0.3, 0.4) is 0 Å². The van der Waals surface area contributed by atoms with Crippen molar-refractivity contribution in [2.45, 2.75) is 32.0 Å². The van der Waals surface area contributed by atoms with E-state index in [1.165, 1.54) is 6.07 Å². The second-order valence-electron chi connectivity index (χ2n) is 6.24. The maximum absolute atomic E-state index is 13.5. The van der Waals surface area contributed by atoms with E-state index in [1.807, 2.05) is 35.2 Å². The van der Waals surface area contributed by atoms with Crippen molar-refractivity contribution in [2.24, 2.45) is 0 Å². The van der Waals surface area contributed by atoms with Crippen molar-refractivity contribution in [3.05, 3.63) is 59.7 Å². The first-order valence-electron chi connectivity index (χ1n) is 8.53. The van der Waals surface area contributed by atoms with E-state index in [2.05, 4.69) is 10.9 Å². The van der Waals surface area contributed by atoms with Crippen molar-refractivity contribution in [2.75, 3.05) is 23.4 Å². The predicted molar refractivity (Wildman–Crippen MR) is 94.4 cm³/mol. The van der Waals surface area contributed by atoms with Gasteiger partial charge in [0.05, 0.1) is 5.56 Å². The van der Waals surface area contributed by atoms with Gasteiger partial charge in [-0.2, -0.15) is 13.2 Å². The first kappa shape index (κ1) is 17.6. The zero-order chi connectivity index (χ0) is 17.7. The Kier molecular flexibility index (Phi) is 5.48. The summed E-state index contributed by atoms with van der Waals surface area (Å²) in [6.07, 6.45) is -1.37. The summed E-state index contributed by atoms with van der Waals surface area (Å²) in [6.45, 7) is 1.69. The van der Waals surface area contributed by atoms with Crippen LogP contribution in [0, 0.1) is 0 Å². The van der Waals surface area contributed by atoms with E-state index in [9.17, 15) is 13.2 Å². The van der Waals surface area contributed by atoms with Crippen LogP contribution < -0.4 is 15.8 Å². The summed E-state index contributed by atoms with van der Waals surface area (Å²) in [4.78, 5) is 1.85. The van der Waals surface area contributed by atoms with Gasteiger partial charge in [0.2, 0.25) is 0 Å². The average Bonchev–Trinajstić information content (AvgIpc) is 2.62. The quantitative estimate of drug-likeness (QED) is 0.759. The molecule has 0 aromatic heterocycles. The lowest BCUT2D eigenvalue weighted by Gasteiger charge is -2.31. The molecule has 1 aliphatic rings. The van der Waals surface area contributed by atoms with Gasteiger partial charge >= 0.3 is 6.18 Å². The van der Waals surface area contributed by atoms with Crippen molar-refractivity contribution in [1.82, 2.24) is 5.43 Å². The number of piperidine rings is 1. The summed E-state index contributed by atoms with van der Waals surface area (Å²) in [5.74, 6) is 0. The molecule has 3 rings (SSSR count). The molecule has 2 aromatic carbocycles.